The van der Waals surface area contributed by atoms with Crippen LogP contribution in [0.2, 0.25) is 0 Å². The SMILES string of the molecule is CC(C)COc1ccc(/C=C2/SC(=O)N(CC(=O)Nc3ccc(F)cc3)C2=O)cc1Br. The molecule has 2 aromatic carbocycles. The van der Waals surface area contributed by atoms with Crippen LogP contribution in [0.3, 0.4) is 0 Å². The molecule has 1 heterocycles. The van der Waals surface area contributed by atoms with Crippen molar-refractivity contribution in [1.82, 2.24) is 4.90 Å². The number of amides is 3. The minimum atomic E-state index is -0.551. The third-order valence-corrected chi connectivity index (χ3v) is 5.66. The van der Waals surface area contributed by atoms with Gasteiger partial charge in [-0.25, -0.2) is 4.39 Å². The lowest BCUT2D eigenvalue weighted by atomic mass is 10.2. The maximum atomic E-state index is 13.0. The molecule has 1 aliphatic rings. The van der Waals surface area contributed by atoms with E-state index in [1.807, 2.05) is 0 Å². The summed E-state index contributed by atoms with van der Waals surface area (Å²) in [5, 5.41) is 2.01. The first-order valence-corrected chi connectivity index (χ1v) is 11.1. The summed E-state index contributed by atoms with van der Waals surface area (Å²) in [5.41, 5.74) is 1.09. The first-order chi connectivity index (χ1) is 14.7. The number of carbonyl (C=O) groups is 3. The van der Waals surface area contributed by atoms with E-state index in [1.165, 1.54) is 24.3 Å². The molecule has 2 aromatic rings. The van der Waals surface area contributed by atoms with Gasteiger partial charge in [-0.1, -0.05) is 19.9 Å². The highest BCUT2D eigenvalue weighted by atomic mass is 79.9. The van der Waals surface area contributed by atoms with Crippen LogP contribution >= 0.6 is 27.7 Å². The van der Waals surface area contributed by atoms with Crippen LogP contribution in [0.1, 0.15) is 19.4 Å². The Labute approximate surface area is 192 Å². The lowest BCUT2D eigenvalue weighted by molar-refractivity contribution is -0.127. The molecule has 0 radical (unpaired) electrons. The fourth-order valence-electron chi connectivity index (χ4n) is 2.65. The average Bonchev–Trinajstić information content (AvgIpc) is 2.96. The summed E-state index contributed by atoms with van der Waals surface area (Å²) in [4.78, 5) is 38.2. The second-order valence-corrected chi connectivity index (χ2v) is 9.07. The van der Waals surface area contributed by atoms with E-state index in [0.29, 0.717) is 29.5 Å². The molecule has 1 fully saturated rings. The van der Waals surface area contributed by atoms with Crippen LogP contribution in [-0.4, -0.2) is 35.1 Å². The third kappa shape index (κ3) is 6.18. The Balaban J connectivity index is 1.66. The number of hydrogen-bond acceptors (Lipinski definition) is 5. The monoisotopic (exact) mass is 506 g/mol. The van der Waals surface area contributed by atoms with E-state index in [2.05, 4.69) is 35.1 Å². The quantitative estimate of drug-likeness (QED) is 0.515. The minimum absolute atomic E-state index is 0.224. The van der Waals surface area contributed by atoms with Gasteiger partial charge in [-0.15, -0.1) is 0 Å². The van der Waals surface area contributed by atoms with Gasteiger partial charge in [0.2, 0.25) is 5.91 Å². The smallest absolute Gasteiger partial charge is 0.294 e. The van der Waals surface area contributed by atoms with E-state index in [0.717, 1.165) is 21.1 Å². The van der Waals surface area contributed by atoms with E-state index in [1.54, 1.807) is 24.3 Å². The van der Waals surface area contributed by atoms with E-state index >= 15 is 0 Å². The lowest BCUT2D eigenvalue weighted by Crippen LogP contribution is -2.36. The van der Waals surface area contributed by atoms with Crippen molar-refractivity contribution in [3.8, 4) is 5.75 Å². The number of nitrogens with zero attached hydrogens (tertiary/aromatic N) is 1. The maximum Gasteiger partial charge on any atom is 0.294 e. The van der Waals surface area contributed by atoms with Crippen molar-refractivity contribution in [3.63, 3.8) is 0 Å². The van der Waals surface area contributed by atoms with Crippen LogP contribution in [0.15, 0.2) is 51.8 Å². The van der Waals surface area contributed by atoms with Crippen molar-refractivity contribution >= 4 is 56.5 Å². The lowest BCUT2D eigenvalue weighted by Gasteiger charge is -2.12. The second kappa shape index (κ2) is 10.1. The summed E-state index contributed by atoms with van der Waals surface area (Å²) in [6.07, 6.45) is 1.60. The van der Waals surface area contributed by atoms with Crippen LogP contribution in [0.5, 0.6) is 5.75 Å². The van der Waals surface area contributed by atoms with E-state index in [9.17, 15) is 18.8 Å². The molecular formula is C22H20BrFN2O4S. The molecule has 31 heavy (non-hydrogen) atoms. The Morgan fingerprint density at radius 3 is 2.58 bits per heavy atom. The molecule has 0 aliphatic carbocycles. The Bertz CT molecular complexity index is 1040. The number of thioether (sulfide) groups is 1. The van der Waals surface area contributed by atoms with E-state index in [4.69, 9.17) is 4.74 Å². The number of ether oxygens (including phenoxy) is 1. The summed E-state index contributed by atoms with van der Waals surface area (Å²) in [6.45, 7) is 4.26. The zero-order chi connectivity index (χ0) is 22.5. The Morgan fingerprint density at radius 2 is 1.94 bits per heavy atom. The standard InChI is InChI=1S/C22H20BrFN2O4S/c1-13(2)12-30-18-8-3-14(9-17(18)23)10-19-21(28)26(22(29)31-19)11-20(27)25-16-6-4-15(24)5-7-16/h3-10,13H,11-12H2,1-2H3,(H,25,27)/b19-10+. The molecular weight excluding hydrogens is 487 g/mol. The van der Waals surface area contributed by atoms with Gasteiger partial charge in [0.15, 0.2) is 0 Å². The summed E-state index contributed by atoms with van der Waals surface area (Å²) < 4.78 is 19.4. The molecule has 0 bridgehead atoms. The Hall–Kier alpha value is -2.65. The Morgan fingerprint density at radius 1 is 1.23 bits per heavy atom. The van der Waals surface area contributed by atoms with Crippen molar-refractivity contribution in [1.29, 1.82) is 0 Å². The van der Waals surface area contributed by atoms with Crippen molar-refractivity contribution in [2.24, 2.45) is 5.92 Å². The predicted octanol–water partition coefficient (Wildman–Crippen LogP) is 5.30. The van der Waals surface area contributed by atoms with E-state index in [-0.39, 0.29) is 4.91 Å². The van der Waals surface area contributed by atoms with Crippen molar-refractivity contribution in [2.75, 3.05) is 18.5 Å². The average molecular weight is 507 g/mol. The zero-order valence-electron chi connectivity index (χ0n) is 16.9. The highest BCUT2D eigenvalue weighted by Crippen LogP contribution is 2.34. The fraction of sp³-hybridized carbons (Fsp3) is 0.227. The highest BCUT2D eigenvalue weighted by Gasteiger charge is 2.36. The number of anilines is 1. The number of imide groups is 1. The molecule has 162 valence electrons. The van der Waals surface area contributed by atoms with E-state index < -0.39 is 29.4 Å². The number of halogens is 2. The Kier molecular flexibility index (Phi) is 7.50. The summed E-state index contributed by atoms with van der Waals surface area (Å²) in [6, 6.07) is 10.6. The number of carbonyl (C=O) groups excluding carboxylic acids is 3. The van der Waals surface area contributed by atoms with Gasteiger partial charge < -0.3 is 10.1 Å². The maximum absolute atomic E-state index is 13.0. The summed E-state index contributed by atoms with van der Waals surface area (Å²) in [5.74, 6) is -0.444. The van der Waals surface area contributed by atoms with Gasteiger partial charge in [0, 0.05) is 5.69 Å². The topological polar surface area (TPSA) is 75.7 Å². The first kappa shape index (κ1) is 23.0. The first-order valence-electron chi connectivity index (χ1n) is 9.46. The number of hydrogen-bond donors (Lipinski definition) is 1. The van der Waals surface area contributed by atoms with Gasteiger partial charge in [0.05, 0.1) is 16.0 Å². The molecule has 3 amide bonds. The minimum Gasteiger partial charge on any atom is -0.492 e. The van der Waals surface area contributed by atoms with Crippen LogP contribution in [0.4, 0.5) is 14.9 Å². The summed E-state index contributed by atoms with van der Waals surface area (Å²) >= 11 is 4.23. The molecule has 1 saturated heterocycles. The normalized spacial score (nSPS) is 15.1. The molecule has 0 spiro atoms. The number of benzene rings is 2. The molecule has 0 saturated carbocycles. The molecule has 6 nitrogen and oxygen atoms in total. The van der Waals surface area contributed by atoms with Crippen molar-refractivity contribution in [2.45, 2.75) is 13.8 Å². The molecule has 3 rings (SSSR count). The fourth-order valence-corrected chi connectivity index (χ4v) is 3.99. The second-order valence-electron chi connectivity index (χ2n) is 7.22. The van der Waals surface area contributed by atoms with Crippen LogP contribution in [0.25, 0.3) is 6.08 Å². The van der Waals surface area contributed by atoms with Crippen LogP contribution in [-0.2, 0) is 9.59 Å². The van der Waals surface area contributed by atoms with Crippen LogP contribution in [0, 0.1) is 11.7 Å². The predicted molar refractivity (Wildman–Crippen MR) is 122 cm³/mol. The molecule has 9 heteroatoms. The third-order valence-electron chi connectivity index (χ3n) is 4.13. The van der Waals surface area contributed by atoms with Gasteiger partial charge in [0.1, 0.15) is 18.1 Å². The van der Waals surface area contributed by atoms with Gasteiger partial charge in [-0.3, -0.25) is 19.3 Å². The van der Waals surface area contributed by atoms with Crippen molar-refractivity contribution in [3.05, 3.63) is 63.2 Å². The molecule has 1 N–H and O–H groups in total. The molecule has 1 aliphatic heterocycles. The largest absolute Gasteiger partial charge is 0.492 e. The molecule has 0 atom stereocenters. The zero-order valence-corrected chi connectivity index (χ0v) is 19.3. The van der Waals surface area contributed by atoms with Gasteiger partial charge >= 0.3 is 0 Å². The summed E-state index contributed by atoms with van der Waals surface area (Å²) in [7, 11) is 0. The number of rotatable bonds is 7. The molecule has 0 aromatic heterocycles. The number of nitrogens with one attached hydrogen (secondary N) is 1. The van der Waals surface area contributed by atoms with Gasteiger partial charge in [-0.2, -0.15) is 0 Å². The van der Waals surface area contributed by atoms with Gasteiger partial charge in [-0.05, 0) is 81.6 Å². The van der Waals surface area contributed by atoms with Crippen molar-refractivity contribution < 1.29 is 23.5 Å². The van der Waals surface area contributed by atoms with Crippen LogP contribution < -0.4 is 10.1 Å². The van der Waals surface area contributed by atoms with Gasteiger partial charge in [0.25, 0.3) is 11.1 Å². The highest BCUT2D eigenvalue weighted by molar-refractivity contribution is 9.10. The molecule has 0 unspecified atom stereocenters.